The minimum absolute atomic E-state index is 0.130. The molecule has 7 heteroatoms. The number of anilines is 1. The maximum absolute atomic E-state index is 12.6. The molecule has 0 radical (unpaired) electrons. The molecule has 1 amide bonds. The van der Waals surface area contributed by atoms with Gasteiger partial charge in [0.05, 0.1) is 23.2 Å². The van der Waals surface area contributed by atoms with Crippen LogP contribution >= 0.6 is 0 Å². The number of nitrogens with zero attached hydrogens (tertiary/aromatic N) is 2. The zero-order chi connectivity index (χ0) is 17.9. The van der Waals surface area contributed by atoms with Crippen LogP contribution in [-0.4, -0.2) is 44.2 Å². The van der Waals surface area contributed by atoms with Crippen LogP contribution in [0.15, 0.2) is 12.5 Å². The van der Waals surface area contributed by atoms with Gasteiger partial charge in [-0.1, -0.05) is 0 Å². The number of amides is 1. The lowest BCUT2D eigenvalue weighted by molar-refractivity contribution is -0.129. The normalized spacial score (nSPS) is 35.0. The van der Waals surface area contributed by atoms with Crippen LogP contribution in [0.25, 0.3) is 11.2 Å². The van der Waals surface area contributed by atoms with E-state index in [4.69, 9.17) is 0 Å². The Morgan fingerprint density at radius 2 is 2.08 bits per heavy atom. The van der Waals surface area contributed by atoms with E-state index in [0.29, 0.717) is 41.0 Å². The summed E-state index contributed by atoms with van der Waals surface area (Å²) in [7, 11) is 0. The van der Waals surface area contributed by atoms with Crippen LogP contribution in [0.1, 0.15) is 49.4 Å². The van der Waals surface area contributed by atoms with Crippen molar-refractivity contribution < 1.29 is 9.90 Å². The summed E-state index contributed by atoms with van der Waals surface area (Å²) in [4.78, 5) is 24.3. The smallest absolute Gasteiger partial charge is 0.255 e. The number of rotatable bonds is 4. The fraction of sp³-hybridized carbons (Fsp3) is 0.632. The molecule has 0 saturated heterocycles. The molecule has 4 bridgehead atoms. The largest absolute Gasteiger partial charge is 0.390 e. The van der Waals surface area contributed by atoms with Crippen molar-refractivity contribution >= 4 is 22.8 Å². The summed E-state index contributed by atoms with van der Waals surface area (Å²) in [5.74, 6) is 1.43. The Balaban J connectivity index is 1.52. The van der Waals surface area contributed by atoms with Crippen molar-refractivity contribution in [3.8, 4) is 0 Å². The van der Waals surface area contributed by atoms with E-state index in [1.807, 2.05) is 6.92 Å². The number of imidazole rings is 1. The maximum Gasteiger partial charge on any atom is 0.255 e. The second kappa shape index (κ2) is 5.67. The molecular weight excluding hydrogens is 330 g/mol. The van der Waals surface area contributed by atoms with Crippen molar-refractivity contribution in [3.63, 3.8) is 0 Å². The van der Waals surface area contributed by atoms with Crippen LogP contribution in [0.4, 0.5) is 5.69 Å². The standard InChI is InChI=1S/C19H25N5O2/c1-2-20-18(25)13-8-21-17-16(22-9-23-17)15(13)24-14-11-3-10-4-12(14)7-19(26,5-10)6-11/h8-12,14,26H,2-7H2,1H3,(H,20,25)(H2,21,22,23,24)/t10?,11-,12+,14+,19-. The fourth-order valence-electron chi connectivity index (χ4n) is 5.85. The van der Waals surface area contributed by atoms with Gasteiger partial charge in [-0.3, -0.25) is 4.79 Å². The Morgan fingerprint density at radius 1 is 1.31 bits per heavy atom. The highest BCUT2D eigenvalue weighted by Crippen LogP contribution is 2.56. The van der Waals surface area contributed by atoms with Crippen molar-refractivity contribution in [3.05, 3.63) is 18.1 Å². The number of aliphatic hydroxyl groups is 1. The lowest BCUT2D eigenvalue weighted by Gasteiger charge is -2.58. The van der Waals surface area contributed by atoms with Crippen molar-refractivity contribution in [1.29, 1.82) is 0 Å². The Hall–Kier alpha value is -2.15. The van der Waals surface area contributed by atoms with E-state index in [1.54, 1.807) is 12.5 Å². The van der Waals surface area contributed by atoms with Gasteiger partial charge in [0.25, 0.3) is 5.91 Å². The van der Waals surface area contributed by atoms with Gasteiger partial charge in [-0.05, 0) is 56.8 Å². The summed E-state index contributed by atoms with van der Waals surface area (Å²) in [6, 6.07) is 0.280. The first-order valence-electron chi connectivity index (χ1n) is 9.65. The molecule has 2 aromatic heterocycles. The lowest BCUT2D eigenvalue weighted by atomic mass is 9.52. The number of aromatic nitrogens is 3. The van der Waals surface area contributed by atoms with Gasteiger partial charge >= 0.3 is 0 Å². The van der Waals surface area contributed by atoms with E-state index in [2.05, 4.69) is 25.6 Å². The van der Waals surface area contributed by atoms with Crippen LogP contribution in [0, 0.1) is 17.8 Å². The molecule has 0 spiro atoms. The van der Waals surface area contributed by atoms with E-state index in [-0.39, 0.29) is 11.9 Å². The molecule has 26 heavy (non-hydrogen) atoms. The van der Waals surface area contributed by atoms with Crippen molar-refractivity contribution in [2.24, 2.45) is 17.8 Å². The summed E-state index contributed by atoms with van der Waals surface area (Å²) in [6.45, 7) is 2.48. The molecule has 4 fully saturated rings. The molecule has 4 aliphatic rings. The monoisotopic (exact) mass is 355 g/mol. The van der Waals surface area contributed by atoms with E-state index in [0.717, 1.165) is 24.9 Å². The van der Waals surface area contributed by atoms with Crippen LogP contribution in [0.5, 0.6) is 0 Å². The van der Waals surface area contributed by atoms with Gasteiger partial charge in [0.2, 0.25) is 0 Å². The topological polar surface area (TPSA) is 103 Å². The molecule has 5 atom stereocenters. The number of nitrogens with one attached hydrogen (secondary N) is 3. The molecule has 0 aliphatic heterocycles. The molecule has 2 heterocycles. The summed E-state index contributed by atoms with van der Waals surface area (Å²) < 4.78 is 0. The molecule has 4 N–H and O–H groups in total. The maximum atomic E-state index is 12.6. The van der Waals surface area contributed by atoms with Crippen LogP contribution in [0.3, 0.4) is 0 Å². The molecule has 0 aromatic carbocycles. The van der Waals surface area contributed by atoms with Gasteiger partial charge < -0.3 is 20.7 Å². The molecular formula is C19H25N5O2. The van der Waals surface area contributed by atoms with Crippen molar-refractivity contribution in [2.75, 3.05) is 11.9 Å². The number of aromatic amines is 1. The van der Waals surface area contributed by atoms with Crippen molar-refractivity contribution in [1.82, 2.24) is 20.3 Å². The SMILES string of the molecule is CCNC(=O)c1cnc2[nH]cnc2c1N[C@H]1[C@@H]2CC3C[C@H]1C[C@@](O)(C3)C2. The van der Waals surface area contributed by atoms with Crippen LogP contribution in [0.2, 0.25) is 0 Å². The van der Waals surface area contributed by atoms with E-state index in [9.17, 15) is 9.90 Å². The first-order chi connectivity index (χ1) is 12.6. The highest BCUT2D eigenvalue weighted by Gasteiger charge is 2.54. The van der Waals surface area contributed by atoms with Crippen LogP contribution < -0.4 is 10.6 Å². The highest BCUT2D eigenvalue weighted by molar-refractivity contribution is 6.05. The highest BCUT2D eigenvalue weighted by atomic mass is 16.3. The zero-order valence-corrected chi connectivity index (χ0v) is 15.0. The quantitative estimate of drug-likeness (QED) is 0.672. The van der Waals surface area contributed by atoms with E-state index in [1.165, 1.54) is 12.8 Å². The predicted molar refractivity (Wildman–Crippen MR) is 97.8 cm³/mol. The van der Waals surface area contributed by atoms with Gasteiger partial charge in [-0.25, -0.2) is 9.97 Å². The summed E-state index contributed by atoms with van der Waals surface area (Å²) in [6.07, 6.45) is 8.27. The van der Waals surface area contributed by atoms with Crippen molar-refractivity contribution in [2.45, 2.75) is 50.7 Å². The number of pyridine rings is 1. The van der Waals surface area contributed by atoms with Gasteiger partial charge in [-0.15, -0.1) is 0 Å². The Labute approximate surface area is 152 Å². The van der Waals surface area contributed by atoms with E-state index < -0.39 is 5.60 Å². The second-order valence-corrected chi connectivity index (χ2v) is 8.37. The molecule has 4 aliphatic carbocycles. The summed E-state index contributed by atoms with van der Waals surface area (Å²) >= 11 is 0. The second-order valence-electron chi connectivity index (χ2n) is 8.37. The first-order valence-corrected chi connectivity index (χ1v) is 9.65. The van der Waals surface area contributed by atoms with Gasteiger partial charge in [-0.2, -0.15) is 0 Å². The van der Waals surface area contributed by atoms with Crippen LogP contribution in [-0.2, 0) is 0 Å². The molecule has 6 rings (SSSR count). The average molecular weight is 355 g/mol. The molecule has 2 aromatic rings. The lowest BCUT2D eigenvalue weighted by Crippen LogP contribution is -2.59. The summed E-state index contributed by atoms with van der Waals surface area (Å²) in [5.41, 5.74) is 2.24. The molecule has 7 nitrogen and oxygen atoms in total. The zero-order valence-electron chi connectivity index (χ0n) is 15.0. The van der Waals surface area contributed by atoms with Gasteiger partial charge in [0.1, 0.15) is 5.52 Å². The Bertz CT molecular complexity index is 847. The Kier molecular flexibility index (Phi) is 3.50. The Morgan fingerprint density at radius 3 is 2.77 bits per heavy atom. The third kappa shape index (κ3) is 2.40. The first kappa shape index (κ1) is 16.1. The third-order valence-corrected chi connectivity index (χ3v) is 6.58. The number of hydrogen-bond acceptors (Lipinski definition) is 5. The minimum Gasteiger partial charge on any atom is -0.390 e. The summed E-state index contributed by atoms with van der Waals surface area (Å²) in [5, 5.41) is 17.4. The van der Waals surface area contributed by atoms with E-state index >= 15 is 0 Å². The number of carbonyl (C=O) groups excluding carboxylic acids is 1. The number of H-pyrrole nitrogens is 1. The average Bonchev–Trinajstić information content (AvgIpc) is 3.05. The fourth-order valence-corrected chi connectivity index (χ4v) is 5.85. The van der Waals surface area contributed by atoms with Gasteiger partial charge in [0, 0.05) is 18.8 Å². The molecule has 138 valence electrons. The minimum atomic E-state index is -0.461. The number of hydrogen-bond donors (Lipinski definition) is 4. The third-order valence-electron chi connectivity index (χ3n) is 6.58. The number of carbonyl (C=O) groups is 1. The molecule has 1 unspecified atom stereocenters. The number of fused-ring (bicyclic) bond motifs is 1. The van der Waals surface area contributed by atoms with Gasteiger partial charge in [0.15, 0.2) is 5.65 Å². The predicted octanol–water partition coefficient (Wildman–Crippen LogP) is 2.06. The molecule has 4 saturated carbocycles.